The molecule has 0 radical (unpaired) electrons. The molecule has 0 aliphatic carbocycles. The van der Waals surface area contributed by atoms with E-state index >= 15 is 0 Å². The van der Waals surface area contributed by atoms with Crippen molar-refractivity contribution in [2.24, 2.45) is 0 Å². The van der Waals surface area contributed by atoms with Crippen molar-refractivity contribution in [3.8, 4) is 0 Å². The van der Waals surface area contributed by atoms with Crippen molar-refractivity contribution in [1.29, 1.82) is 0 Å². The lowest BCUT2D eigenvalue weighted by Gasteiger charge is -2.44. The summed E-state index contributed by atoms with van der Waals surface area (Å²) in [6, 6.07) is 14.1. The molecule has 1 fully saturated rings. The first-order valence-electron chi connectivity index (χ1n) is 10.0. The predicted octanol–water partition coefficient (Wildman–Crippen LogP) is 4.63. The van der Waals surface area contributed by atoms with Gasteiger partial charge in [-0.2, -0.15) is 0 Å². The van der Waals surface area contributed by atoms with Gasteiger partial charge in [-0.05, 0) is 68.1 Å². The molecule has 2 aliphatic rings. The standard InChI is InChI=1S/C23H26Cl2N2O/c1-16-12-18-6-2-3-7-19(18)23(26-16,15-27-10-4-5-11-27)22(28)14-17-8-9-20(24)21(25)13-17/h2-3,6-9,13,16,26H,4-5,10-12,14-15H2,1H3. The molecule has 0 amide bonds. The Bertz CT molecular complexity index is 879. The predicted molar refractivity (Wildman–Crippen MR) is 115 cm³/mol. The van der Waals surface area contributed by atoms with Crippen molar-refractivity contribution in [2.45, 2.75) is 44.2 Å². The van der Waals surface area contributed by atoms with Gasteiger partial charge in [0, 0.05) is 19.0 Å². The number of hydrogen-bond donors (Lipinski definition) is 1. The molecule has 2 atom stereocenters. The quantitative estimate of drug-likeness (QED) is 0.770. The van der Waals surface area contributed by atoms with Crippen molar-refractivity contribution in [3.05, 3.63) is 69.2 Å². The van der Waals surface area contributed by atoms with Crippen molar-refractivity contribution in [2.75, 3.05) is 19.6 Å². The summed E-state index contributed by atoms with van der Waals surface area (Å²) in [5.41, 5.74) is 2.61. The Morgan fingerprint density at radius 2 is 1.89 bits per heavy atom. The summed E-state index contributed by atoms with van der Waals surface area (Å²) in [4.78, 5) is 16.2. The molecule has 0 saturated carbocycles. The van der Waals surface area contributed by atoms with Gasteiger partial charge in [0.2, 0.25) is 0 Å². The smallest absolute Gasteiger partial charge is 0.163 e. The first kappa shape index (κ1) is 19.9. The van der Waals surface area contributed by atoms with Gasteiger partial charge in [0.05, 0.1) is 10.0 Å². The Morgan fingerprint density at radius 1 is 1.14 bits per heavy atom. The Hall–Kier alpha value is -1.39. The van der Waals surface area contributed by atoms with Crippen LogP contribution in [0.25, 0.3) is 0 Å². The molecule has 2 aromatic rings. The van der Waals surface area contributed by atoms with Crippen LogP contribution in [0, 0.1) is 0 Å². The first-order valence-corrected chi connectivity index (χ1v) is 10.8. The van der Waals surface area contributed by atoms with Crippen LogP contribution in [-0.4, -0.2) is 36.4 Å². The summed E-state index contributed by atoms with van der Waals surface area (Å²) >= 11 is 12.2. The molecular weight excluding hydrogens is 391 g/mol. The summed E-state index contributed by atoms with van der Waals surface area (Å²) in [5.74, 6) is 0.191. The molecule has 4 rings (SSSR count). The number of halogens is 2. The molecule has 148 valence electrons. The van der Waals surface area contributed by atoms with Crippen LogP contribution in [0.4, 0.5) is 0 Å². The molecule has 2 unspecified atom stereocenters. The average Bonchev–Trinajstić information content (AvgIpc) is 3.17. The maximum absolute atomic E-state index is 13.8. The fraction of sp³-hybridized carbons (Fsp3) is 0.435. The van der Waals surface area contributed by atoms with Crippen molar-refractivity contribution < 1.29 is 4.79 Å². The molecule has 2 aliphatic heterocycles. The van der Waals surface area contributed by atoms with Gasteiger partial charge >= 0.3 is 0 Å². The van der Waals surface area contributed by atoms with Crippen LogP contribution in [0.2, 0.25) is 10.0 Å². The molecule has 5 heteroatoms. The Balaban J connectivity index is 1.72. The van der Waals surface area contributed by atoms with Gasteiger partial charge in [-0.3, -0.25) is 10.1 Å². The number of benzene rings is 2. The minimum absolute atomic E-state index is 0.191. The van der Waals surface area contributed by atoms with Crippen LogP contribution in [0.15, 0.2) is 42.5 Å². The highest BCUT2D eigenvalue weighted by molar-refractivity contribution is 6.42. The lowest BCUT2D eigenvalue weighted by atomic mass is 9.75. The van der Waals surface area contributed by atoms with Crippen LogP contribution in [0.5, 0.6) is 0 Å². The summed E-state index contributed by atoms with van der Waals surface area (Å²) in [5, 5.41) is 4.71. The Morgan fingerprint density at radius 3 is 2.64 bits per heavy atom. The van der Waals surface area contributed by atoms with E-state index in [9.17, 15) is 4.79 Å². The van der Waals surface area contributed by atoms with Gasteiger partial charge in [0.1, 0.15) is 5.54 Å². The minimum Gasteiger partial charge on any atom is -0.301 e. The lowest BCUT2D eigenvalue weighted by Crippen LogP contribution is -2.62. The van der Waals surface area contributed by atoms with Crippen LogP contribution < -0.4 is 5.32 Å². The van der Waals surface area contributed by atoms with Gasteiger partial charge in [-0.15, -0.1) is 0 Å². The lowest BCUT2D eigenvalue weighted by molar-refractivity contribution is -0.126. The number of rotatable bonds is 5. The Kier molecular flexibility index (Phi) is 5.80. The topological polar surface area (TPSA) is 32.3 Å². The molecule has 0 spiro atoms. The van der Waals surface area contributed by atoms with E-state index in [-0.39, 0.29) is 11.8 Å². The third kappa shape index (κ3) is 3.86. The van der Waals surface area contributed by atoms with Crippen LogP contribution in [-0.2, 0) is 23.2 Å². The van der Waals surface area contributed by atoms with Gasteiger partial charge in [0.25, 0.3) is 0 Å². The third-order valence-electron chi connectivity index (χ3n) is 5.98. The van der Waals surface area contributed by atoms with E-state index < -0.39 is 5.54 Å². The van der Waals surface area contributed by atoms with Gasteiger partial charge in [-0.25, -0.2) is 0 Å². The largest absolute Gasteiger partial charge is 0.301 e. The number of carbonyl (C=O) groups excluding carboxylic acids is 1. The fourth-order valence-corrected chi connectivity index (χ4v) is 5.03. The van der Waals surface area contributed by atoms with Crippen LogP contribution in [0.1, 0.15) is 36.5 Å². The van der Waals surface area contributed by atoms with Crippen molar-refractivity contribution in [3.63, 3.8) is 0 Å². The number of ketones is 1. The molecule has 1 saturated heterocycles. The van der Waals surface area contributed by atoms with Crippen molar-refractivity contribution in [1.82, 2.24) is 10.2 Å². The number of nitrogens with one attached hydrogen (secondary N) is 1. The highest BCUT2D eigenvalue weighted by atomic mass is 35.5. The summed E-state index contributed by atoms with van der Waals surface area (Å²) < 4.78 is 0. The maximum Gasteiger partial charge on any atom is 0.163 e. The molecule has 2 heterocycles. The molecular formula is C23H26Cl2N2O. The zero-order chi connectivity index (χ0) is 19.7. The molecule has 0 aromatic heterocycles. The van der Waals surface area contributed by atoms with Gasteiger partial charge in [0.15, 0.2) is 5.78 Å². The van der Waals surface area contributed by atoms with Crippen molar-refractivity contribution >= 4 is 29.0 Å². The van der Waals surface area contributed by atoms with E-state index in [1.165, 1.54) is 18.4 Å². The van der Waals surface area contributed by atoms with Gasteiger partial charge < -0.3 is 4.90 Å². The summed E-state index contributed by atoms with van der Waals surface area (Å²) in [6.07, 6.45) is 3.68. The molecule has 2 aromatic carbocycles. The highest BCUT2D eigenvalue weighted by Crippen LogP contribution is 2.35. The number of nitrogens with zero attached hydrogens (tertiary/aromatic N) is 1. The third-order valence-corrected chi connectivity index (χ3v) is 6.72. The second kappa shape index (κ2) is 8.16. The normalized spacial score (nSPS) is 24.9. The SMILES string of the molecule is CC1Cc2ccccc2C(CN2CCCC2)(C(=O)Cc2ccc(Cl)c(Cl)c2)N1. The average molecular weight is 417 g/mol. The first-order chi connectivity index (χ1) is 13.5. The van der Waals surface area contributed by atoms with E-state index in [0.717, 1.165) is 30.6 Å². The zero-order valence-electron chi connectivity index (χ0n) is 16.2. The number of hydrogen-bond acceptors (Lipinski definition) is 3. The Labute approximate surface area is 177 Å². The number of carbonyl (C=O) groups is 1. The van der Waals surface area contributed by atoms with E-state index in [0.29, 0.717) is 23.0 Å². The van der Waals surface area contributed by atoms with E-state index in [4.69, 9.17) is 23.2 Å². The summed E-state index contributed by atoms with van der Waals surface area (Å²) in [7, 11) is 0. The number of Topliss-reactive ketones (excluding diaryl/α,β-unsaturated/α-hetero) is 1. The maximum atomic E-state index is 13.8. The van der Waals surface area contributed by atoms with E-state index in [1.807, 2.05) is 18.2 Å². The molecule has 3 nitrogen and oxygen atoms in total. The fourth-order valence-electron chi connectivity index (χ4n) is 4.71. The number of fused-ring (bicyclic) bond motifs is 1. The highest BCUT2D eigenvalue weighted by Gasteiger charge is 2.45. The second-order valence-electron chi connectivity index (χ2n) is 8.14. The number of likely N-dealkylation sites (tertiary alicyclic amines) is 1. The van der Waals surface area contributed by atoms with Crippen LogP contribution in [0.3, 0.4) is 0 Å². The second-order valence-corrected chi connectivity index (χ2v) is 8.96. The summed E-state index contributed by atoms with van der Waals surface area (Å²) in [6.45, 7) is 5.00. The van der Waals surface area contributed by atoms with E-state index in [2.05, 4.69) is 35.3 Å². The zero-order valence-corrected chi connectivity index (χ0v) is 17.7. The van der Waals surface area contributed by atoms with E-state index in [1.54, 1.807) is 6.07 Å². The molecule has 1 N–H and O–H groups in total. The van der Waals surface area contributed by atoms with Crippen LogP contribution >= 0.6 is 23.2 Å². The molecule has 28 heavy (non-hydrogen) atoms. The molecule has 0 bridgehead atoms. The monoisotopic (exact) mass is 416 g/mol. The van der Waals surface area contributed by atoms with Gasteiger partial charge in [-0.1, -0.05) is 53.5 Å². The minimum atomic E-state index is -0.690.